The van der Waals surface area contributed by atoms with Crippen LogP contribution in [-0.4, -0.2) is 53.9 Å². The second kappa shape index (κ2) is 8.34. The van der Waals surface area contributed by atoms with Gasteiger partial charge in [-0.1, -0.05) is 43.1 Å². The highest BCUT2D eigenvalue weighted by atomic mass is 79.9. The monoisotopic (exact) mass is 524 g/mol. The van der Waals surface area contributed by atoms with Gasteiger partial charge in [0.2, 0.25) is 0 Å². The summed E-state index contributed by atoms with van der Waals surface area (Å²) in [5.74, 6) is 0.348. The van der Waals surface area contributed by atoms with Gasteiger partial charge < -0.3 is 18.9 Å². The second-order valence-corrected chi connectivity index (χ2v) is 12.2. The number of esters is 2. The number of cyclic esters (lactones) is 1. The second-order valence-electron chi connectivity index (χ2n) is 11.4. The molecule has 7 unspecified atom stereocenters. The van der Waals surface area contributed by atoms with Crippen molar-refractivity contribution in [1.29, 1.82) is 0 Å². The lowest BCUT2D eigenvalue weighted by atomic mass is 9.49. The van der Waals surface area contributed by atoms with E-state index in [9.17, 15) is 9.59 Å². The van der Waals surface area contributed by atoms with Crippen molar-refractivity contribution in [2.24, 2.45) is 23.2 Å². The summed E-state index contributed by atoms with van der Waals surface area (Å²) in [5.41, 5.74) is 0.564. The molecular weight excluding hydrogens is 488 g/mol. The minimum absolute atomic E-state index is 0.0942. The summed E-state index contributed by atoms with van der Waals surface area (Å²) in [6.45, 7) is 9.70. The minimum atomic E-state index is -0.705. The zero-order valence-electron chi connectivity index (χ0n) is 20.3. The maximum absolute atomic E-state index is 12.9. The molecule has 2 saturated heterocycles. The fraction of sp³-hybridized carbons (Fsp3) is 0.846. The van der Waals surface area contributed by atoms with Crippen LogP contribution < -0.4 is 0 Å². The van der Waals surface area contributed by atoms with Crippen LogP contribution in [-0.2, 0) is 28.5 Å². The first-order chi connectivity index (χ1) is 15.7. The topological polar surface area (TPSA) is 74.4 Å². The minimum Gasteiger partial charge on any atom is -0.459 e. The third-order valence-corrected chi connectivity index (χ3v) is 10.0. The summed E-state index contributed by atoms with van der Waals surface area (Å²) in [6.07, 6.45) is 5.58. The fourth-order valence-electron chi connectivity index (χ4n) is 7.60. The summed E-state index contributed by atoms with van der Waals surface area (Å²) in [7, 11) is 0. The van der Waals surface area contributed by atoms with E-state index < -0.39 is 11.2 Å². The number of hydrogen-bond donors (Lipinski definition) is 0. The van der Waals surface area contributed by atoms with Crippen molar-refractivity contribution < 1.29 is 28.5 Å². The van der Waals surface area contributed by atoms with Crippen LogP contribution in [0, 0.1) is 23.2 Å². The highest BCUT2D eigenvalue weighted by molar-refractivity contribution is 9.09. The summed E-state index contributed by atoms with van der Waals surface area (Å²) in [5, 5.41) is 0.960. The first kappa shape index (κ1) is 23.8. The standard InChI is InChI=1S/C26H37BrO6/c1-15(2)17-12-20-26(33-20)24(3)10-9-16-18(13-30-23(16)29)19(24)14-31-25(26,4)22(17)32-21(28)8-6-5-7-11-27/h15,17,19-20,22H,5-14H2,1-4H3. The molecule has 1 saturated carbocycles. The summed E-state index contributed by atoms with van der Waals surface area (Å²) in [4.78, 5) is 25.2. The number of hydrogen-bond acceptors (Lipinski definition) is 6. The molecule has 33 heavy (non-hydrogen) atoms. The van der Waals surface area contributed by atoms with Crippen LogP contribution in [0.1, 0.15) is 72.6 Å². The average molecular weight is 525 g/mol. The molecule has 184 valence electrons. The molecule has 0 radical (unpaired) electrons. The number of unbranched alkanes of at least 4 members (excludes halogenated alkanes) is 2. The lowest BCUT2D eigenvalue weighted by Gasteiger charge is -2.60. The molecule has 7 heteroatoms. The Morgan fingerprint density at radius 1 is 1.24 bits per heavy atom. The largest absolute Gasteiger partial charge is 0.459 e. The van der Waals surface area contributed by atoms with E-state index in [2.05, 4.69) is 43.6 Å². The molecular formula is C26H37BrO6. The first-order valence-corrected chi connectivity index (χ1v) is 13.8. The maximum Gasteiger partial charge on any atom is 0.334 e. The molecule has 7 atom stereocenters. The smallest absolute Gasteiger partial charge is 0.334 e. The van der Waals surface area contributed by atoms with Gasteiger partial charge in [-0.25, -0.2) is 4.79 Å². The third kappa shape index (κ3) is 3.31. The molecule has 1 spiro atoms. The predicted molar refractivity (Wildman–Crippen MR) is 126 cm³/mol. The van der Waals surface area contributed by atoms with Gasteiger partial charge in [-0.15, -0.1) is 0 Å². The summed E-state index contributed by atoms with van der Waals surface area (Å²) < 4.78 is 25.1. The average Bonchev–Trinajstić information content (AvgIpc) is 3.42. The fourth-order valence-corrected chi connectivity index (χ4v) is 8.00. The lowest BCUT2D eigenvalue weighted by Crippen LogP contribution is -2.72. The van der Waals surface area contributed by atoms with Crippen LogP contribution in [0.5, 0.6) is 0 Å². The molecule has 0 aromatic rings. The Labute approximate surface area is 205 Å². The van der Waals surface area contributed by atoms with E-state index in [1.165, 1.54) is 0 Å². The van der Waals surface area contributed by atoms with E-state index in [-0.39, 0.29) is 41.4 Å². The van der Waals surface area contributed by atoms with E-state index in [1.54, 1.807) is 0 Å². The Balaban J connectivity index is 1.44. The van der Waals surface area contributed by atoms with Gasteiger partial charge in [0.1, 0.15) is 23.9 Å². The molecule has 3 aliphatic heterocycles. The Bertz CT molecular complexity index is 869. The van der Waals surface area contributed by atoms with E-state index >= 15 is 0 Å². The van der Waals surface area contributed by atoms with Crippen molar-refractivity contribution in [2.45, 2.75) is 96.1 Å². The molecule has 0 aromatic carbocycles. The van der Waals surface area contributed by atoms with E-state index in [0.29, 0.717) is 25.6 Å². The van der Waals surface area contributed by atoms with Crippen LogP contribution in [0.2, 0.25) is 0 Å². The Morgan fingerprint density at radius 3 is 2.76 bits per heavy atom. The lowest BCUT2D eigenvalue weighted by molar-refractivity contribution is -0.261. The van der Waals surface area contributed by atoms with Crippen LogP contribution >= 0.6 is 15.9 Å². The molecule has 6 nitrogen and oxygen atoms in total. The number of ether oxygens (including phenoxy) is 4. The summed E-state index contributed by atoms with van der Waals surface area (Å²) in [6, 6.07) is 0. The molecule has 5 aliphatic rings. The van der Waals surface area contributed by atoms with Gasteiger partial charge in [-0.3, -0.25) is 4.79 Å². The molecule has 5 rings (SSSR count). The van der Waals surface area contributed by atoms with Gasteiger partial charge in [-0.2, -0.15) is 0 Å². The predicted octanol–water partition coefficient (Wildman–Crippen LogP) is 4.73. The molecule has 0 amide bonds. The molecule has 0 bridgehead atoms. The van der Waals surface area contributed by atoms with Gasteiger partial charge in [0.05, 0.1) is 12.7 Å². The van der Waals surface area contributed by atoms with Crippen LogP contribution in [0.15, 0.2) is 11.1 Å². The maximum atomic E-state index is 12.9. The number of carbonyl (C=O) groups excluding carboxylic acids is 2. The zero-order valence-corrected chi connectivity index (χ0v) is 21.9. The quantitative estimate of drug-likeness (QED) is 0.207. The van der Waals surface area contributed by atoms with Gasteiger partial charge in [-0.05, 0) is 50.5 Å². The highest BCUT2D eigenvalue weighted by Gasteiger charge is 2.84. The number of halogens is 1. The first-order valence-electron chi connectivity index (χ1n) is 12.7. The van der Waals surface area contributed by atoms with Crippen LogP contribution in [0.3, 0.4) is 0 Å². The van der Waals surface area contributed by atoms with E-state index in [4.69, 9.17) is 18.9 Å². The van der Waals surface area contributed by atoms with Crippen LogP contribution in [0.25, 0.3) is 0 Å². The van der Waals surface area contributed by atoms with Gasteiger partial charge >= 0.3 is 11.9 Å². The molecule has 3 fully saturated rings. The molecule has 2 aliphatic carbocycles. The number of alkyl halides is 1. The van der Waals surface area contributed by atoms with Crippen molar-refractivity contribution in [3.05, 3.63) is 11.1 Å². The number of rotatable bonds is 7. The SMILES string of the molecule is CC(C)C1CC2OC23C2(C)CCC4=C(COC4=O)C2COC3(C)C1OC(=O)CCCCCBr. The molecule has 0 aromatic heterocycles. The van der Waals surface area contributed by atoms with Crippen molar-refractivity contribution in [1.82, 2.24) is 0 Å². The normalized spacial score (nSPS) is 43.4. The Kier molecular flexibility index (Phi) is 6.01. The van der Waals surface area contributed by atoms with Gasteiger partial charge in [0, 0.05) is 34.6 Å². The van der Waals surface area contributed by atoms with Gasteiger partial charge in [0.15, 0.2) is 0 Å². The van der Waals surface area contributed by atoms with Crippen molar-refractivity contribution in [2.75, 3.05) is 18.5 Å². The van der Waals surface area contributed by atoms with Crippen molar-refractivity contribution in [3.8, 4) is 0 Å². The molecule has 0 N–H and O–H groups in total. The van der Waals surface area contributed by atoms with Gasteiger partial charge in [0.25, 0.3) is 0 Å². The molecule has 3 heterocycles. The Morgan fingerprint density at radius 2 is 2.03 bits per heavy atom. The number of fused-ring (bicyclic) bond motifs is 2. The van der Waals surface area contributed by atoms with E-state index in [0.717, 1.165) is 55.0 Å². The Hall–Kier alpha value is -0.920. The number of carbonyl (C=O) groups is 2. The zero-order chi connectivity index (χ0) is 23.6. The van der Waals surface area contributed by atoms with Crippen molar-refractivity contribution in [3.63, 3.8) is 0 Å². The third-order valence-electron chi connectivity index (χ3n) is 9.48. The van der Waals surface area contributed by atoms with Crippen LogP contribution in [0.4, 0.5) is 0 Å². The van der Waals surface area contributed by atoms with Crippen molar-refractivity contribution >= 4 is 27.9 Å². The van der Waals surface area contributed by atoms with E-state index in [1.807, 2.05) is 0 Å². The summed E-state index contributed by atoms with van der Waals surface area (Å²) >= 11 is 3.45. The highest BCUT2D eigenvalue weighted by Crippen LogP contribution is 2.72. The number of epoxide rings is 1.